The second-order valence-corrected chi connectivity index (χ2v) is 5.53. The molecule has 0 aliphatic carbocycles. The molecule has 1 aliphatic heterocycles. The highest BCUT2D eigenvalue weighted by atomic mass is 16.6. The van der Waals surface area contributed by atoms with Gasteiger partial charge >= 0.3 is 6.09 Å². The van der Waals surface area contributed by atoms with E-state index in [1.165, 1.54) is 0 Å². The van der Waals surface area contributed by atoms with E-state index in [1.807, 2.05) is 44.2 Å². The first-order valence-electron chi connectivity index (χ1n) is 7.93. The molecule has 1 fully saturated rings. The maximum Gasteiger partial charge on any atom is 0.410 e. The van der Waals surface area contributed by atoms with Crippen LogP contribution in [0, 0.1) is 5.92 Å². The fraction of sp³-hybridized carbons (Fsp3) is 0.529. The van der Waals surface area contributed by atoms with E-state index in [2.05, 4.69) is 5.32 Å². The Bertz CT molecular complexity index is 500. The van der Waals surface area contributed by atoms with Crippen molar-refractivity contribution in [3.63, 3.8) is 0 Å². The third-order valence-corrected chi connectivity index (χ3v) is 4.10. The molecule has 0 saturated carbocycles. The lowest BCUT2D eigenvalue weighted by molar-refractivity contribution is -0.125. The molecule has 1 atom stereocenters. The summed E-state index contributed by atoms with van der Waals surface area (Å²) < 4.78 is 5.38. The van der Waals surface area contributed by atoms with E-state index < -0.39 is 0 Å². The highest BCUT2D eigenvalue weighted by Crippen LogP contribution is 2.25. The Morgan fingerprint density at radius 1 is 1.32 bits per heavy atom. The van der Waals surface area contributed by atoms with Crippen molar-refractivity contribution in [2.45, 2.75) is 32.8 Å². The zero-order valence-electron chi connectivity index (χ0n) is 13.2. The minimum absolute atomic E-state index is 0.0580. The molecule has 1 heterocycles. The average Bonchev–Trinajstić information content (AvgIpc) is 2.91. The van der Waals surface area contributed by atoms with Crippen molar-refractivity contribution in [3.8, 4) is 0 Å². The second kappa shape index (κ2) is 7.82. The minimum Gasteiger partial charge on any atom is -0.439 e. The number of nitrogens with zero attached hydrogens (tertiary/aromatic N) is 1. The third kappa shape index (κ3) is 4.00. The van der Waals surface area contributed by atoms with Crippen molar-refractivity contribution in [3.05, 3.63) is 35.9 Å². The van der Waals surface area contributed by atoms with Gasteiger partial charge in [0.2, 0.25) is 5.91 Å². The van der Waals surface area contributed by atoms with Gasteiger partial charge in [0.1, 0.15) is 6.10 Å². The predicted octanol–water partition coefficient (Wildman–Crippen LogP) is 2.73. The summed E-state index contributed by atoms with van der Waals surface area (Å²) in [6.45, 7) is 5.50. The molecule has 5 nitrogen and oxygen atoms in total. The van der Waals surface area contributed by atoms with E-state index in [1.54, 1.807) is 4.90 Å². The van der Waals surface area contributed by atoms with Gasteiger partial charge in [-0.3, -0.25) is 4.79 Å². The molecular formula is C17H24N2O3. The molecular weight excluding hydrogens is 280 g/mol. The number of cyclic esters (lactones) is 1. The van der Waals surface area contributed by atoms with Gasteiger partial charge in [0.25, 0.3) is 0 Å². The predicted molar refractivity (Wildman–Crippen MR) is 84.3 cm³/mol. The zero-order valence-corrected chi connectivity index (χ0v) is 13.2. The average molecular weight is 304 g/mol. The van der Waals surface area contributed by atoms with Gasteiger partial charge in [0, 0.05) is 19.0 Å². The molecule has 1 unspecified atom stereocenters. The number of benzene rings is 1. The van der Waals surface area contributed by atoms with Gasteiger partial charge in [0.05, 0.1) is 6.54 Å². The first-order chi connectivity index (χ1) is 10.7. The molecule has 120 valence electrons. The molecule has 0 spiro atoms. The number of nitrogens with one attached hydrogen (secondary N) is 1. The normalized spacial score (nSPS) is 17.7. The van der Waals surface area contributed by atoms with Crippen molar-refractivity contribution < 1.29 is 14.3 Å². The van der Waals surface area contributed by atoms with Gasteiger partial charge in [-0.05, 0) is 18.4 Å². The Morgan fingerprint density at radius 3 is 2.64 bits per heavy atom. The summed E-state index contributed by atoms with van der Waals surface area (Å²) >= 11 is 0. The number of carbonyl (C=O) groups excluding carboxylic acids is 2. The number of amides is 2. The number of hydrogen-bond donors (Lipinski definition) is 1. The van der Waals surface area contributed by atoms with Crippen molar-refractivity contribution in [2.24, 2.45) is 5.92 Å². The highest BCUT2D eigenvalue weighted by molar-refractivity contribution is 5.78. The summed E-state index contributed by atoms with van der Waals surface area (Å²) in [6.07, 6.45) is 1.14. The zero-order chi connectivity index (χ0) is 15.9. The molecule has 1 saturated heterocycles. The maximum atomic E-state index is 11.9. The Balaban J connectivity index is 1.79. The van der Waals surface area contributed by atoms with E-state index in [4.69, 9.17) is 4.74 Å². The van der Waals surface area contributed by atoms with Crippen LogP contribution in [0.5, 0.6) is 0 Å². The third-order valence-electron chi connectivity index (χ3n) is 4.10. The molecule has 0 bridgehead atoms. The first kappa shape index (κ1) is 16.3. The smallest absolute Gasteiger partial charge is 0.410 e. The summed E-state index contributed by atoms with van der Waals surface area (Å²) in [4.78, 5) is 25.4. The number of rotatable bonds is 7. The summed E-state index contributed by atoms with van der Waals surface area (Å²) in [7, 11) is 0. The largest absolute Gasteiger partial charge is 0.439 e. The monoisotopic (exact) mass is 304 g/mol. The quantitative estimate of drug-likeness (QED) is 0.842. The van der Waals surface area contributed by atoms with Gasteiger partial charge in [0.15, 0.2) is 0 Å². The van der Waals surface area contributed by atoms with Crippen LogP contribution < -0.4 is 5.32 Å². The molecule has 0 radical (unpaired) electrons. The van der Waals surface area contributed by atoms with Gasteiger partial charge in [-0.2, -0.15) is 0 Å². The van der Waals surface area contributed by atoms with Crippen LogP contribution >= 0.6 is 0 Å². The van der Waals surface area contributed by atoms with Crippen LogP contribution in [-0.2, 0) is 9.53 Å². The van der Waals surface area contributed by atoms with Gasteiger partial charge in [-0.25, -0.2) is 4.79 Å². The Kier molecular flexibility index (Phi) is 5.81. The van der Waals surface area contributed by atoms with E-state index in [-0.39, 0.29) is 24.0 Å². The summed E-state index contributed by atoms with van der Waals surface area (Å²) in [6, 6.07) is 9.71. The number of carbonyl (C=O) groups is 2. The number of ether oxygens (including phenoxy) is 1. The van der Waals surface area contributed by atoms with Crippen LogP contribution in [0.3, 0.4) is 0 Å². The van der Waals surface area contributed by atoms with Crippen molar-refractivity contribution in [1.82, 2.24) is 10.2 Å². The summed E-state index contributed by atoms with van der Waals surface area (Å²) in [5, 5.41) is 2.90. The Morgan fingerprint density at radius 2 is 2.00 bits per heavy atom. The van der Waals surface area contributed by atoms with E-state index >= 15 is 0 Å². The summed E-state index contributed by atoms with van der Waals surface area (Å²) in [5.41, 5.74) is 0.999. The molecule has 1 aromatic carbocycles. The topological polar surface area (TPSA) is 58.6 Å². The lowest BCUT2D eigenvalue weighted by atomic mass is 10.0. The molecule has 0 aromatic heterocycles. The van der Waals surface area contributed by atoms with E-state index in [0.717, 1.165) is 18.4 Å². The van der Waals surface area contributed by atoms with Crippen LogP contribution in [0.15, 0.2) is 30.3 Å². The highest BCUT2D eigenvalue weighted by Gasteiger charge is 2.31. The molecule has 2 rings (SSSR count). The molecule has 1 aliphatic rings. The SMILES string of the molecule is CCC(CC)C(=O)NCCN1CC(c2ccccc2)OC1=O. The lowest BCUT2D eigenvalue weighted by Crippen LogP contribution is -2.37. The van der Waals surface area contributed by atoms with Gasteiger partial charge < -0.3 is 15.0 Å². The van der Waals surface area contributed by atoms with E-state index in [0.29, 0.717) is 19.6 Å². The van der Waals surface area contributed by atoms with Crippen LogP contribution in [0.2, 0.25) is 0 Å². The first-order valence-corrected chi connectivity index (χ1v) is 7.93. The molecule has 5 heteroatoms. The fourth-order valence-electron chi connectivity index (χ4n) is 2.65. The lowest BCUT2D eigenvalue weighted by Gasteiger charge is -2.16. The van der Waals surface area contributed by atoms with Crippen LogP contribution in [-0.4, -0.2) is 36.5 Å². The van der Waals surface area contributed by atoms with Crippen LogP contribution in [0.4, 0.5) is 4.79 Å². The fourth-order valence-corrected chi connectivity index (χ4v) is 2.65. The maximum absolute atomic E-state index is 11.9. The summed E-state index contributed by atoms with van der Waals surface area (Å²) in [5.74, 6) is 0.125. The Hall–Kier alpha value is -2.04. The van der Waals surface area contributed by atoms with Crippen molar-refractivity contribution >= 4 is 12.0 Å². The van der Waals surface area contributed by atoms with Crippen LogP contribution in [0.25, 0.3) is 0 Å². The van der Waals surface area contributed by atoms with Crippen molar-refractivity contribution in [2.75, 3.05) is 19.6 Å². The van der Waals surface area contributed by atoms with Crippen LogP contribution in [0.1, 0.15) is 38.4 Å². The Labute approximate surface area is 131 Å². The molecule has 1 N–H and O–H groups in total. The van der Waals surface area contributed by atoms with Gasteiger partial charge in [-0.1, -0.05) is 44.2 Å². The van der Waals surface area contributed by atoms with E-state index in [9.17, 15) is 9.59 Å². The molecule has 22 heavy (non-hydrogen) atoms. The van der Waals surface area contributed by atoms with Crippen molar-refractivity contribution in [1.29, 1.82) is 0 Å². The molecule has 1 aromatic rings. The minimum atomic E-state index is -0.314. The second-order valence-electron chi connectivity index (χ2n) is 5.53. The molecule has 2 amide bonds. The number of hydrogen-bond acceptors (Lipinski definition) is 3. The standard InChI is InChI=1S/C17H24N2O3/c1-3-13(4-2)16(20)18-10-11-19-12-15(22-17(19)21)14-8-6-5-7-9-14/h5-9,13,15H,3-4,10-12H2,1-2H3,(H,18,20). The van der Waals surface area contributed by atoms with Gasteiger partial charge in [-0.15, -0.1) is 0 Å².